The van der Waals surface area contributed by atoms with Gasteiger partial charge in [-0.15, -0.1) is 11.8 Å². The second-order valence-electron chi connectivity index (χ2n) is 6.89. The molecule has 5 rings (SSSR count). The maximum Gasteiger partial charge on any atom is 0.278 e. The van der Waals surface area contributed by atoms with Crippen molar-refractivity contribution in [2.75, 3.05) is 11.6 Å². The second kappa shape index (κ2) is 7.50. The molecule has 0 saturated heterocycles. The molecule has 1 atom stereocenters. The van der Waals surface area contributed by atoms with Gasteiger partial charge < -0.3 is 10.0 Å². The lowest BCUT2D eigenvalue weighted by molar-refractivity contribution is 0.0621. The average molecular weight is 445 g/mol. The lowest BCUT2D eigenvalue weighted by Gasteiger charge is -2.45. The van der Waals surface area contributed by atoms with Gasteiger partial charge >= 0.3 is 0 Å². The zero-order valence-corrected chi connectivity index (χ0v) is 16.7. The maximum atomic E-state index is 13.9. The highest BCUT2D eigenvalue weighted by molar-refractivity contribution is 7.98. The summed E-state index contributed by atoms with van der Waals surface area (Å²) in [7, 11) is 0. The normalized spacial score (nSPS) is 27.4. The molecule has 1 aromatic heterocycles. The molecular weight excluding hydrogens is 410 g/mol. The van der Waals surface area contributed by atoms with Crippen LogP contribution in [0.3, 0.4) is 0 Å². The Hall–Kier alpha value is -3.19. The van der Waals surface area contributed by atoms with E-state index in [0.717, 1.165) is 33.7 Å². The smallest absolute Gasteiger partial charge is 0.278 e. The van der Waals surface area contributed by atoms with Crippen LogP contribution in [0.15, 0.2) is 70.5 Å². The van der Waals surface area contributed by atoms with Gasteiger partial charge in [-0.2, -0.15) is 0 Å². The van der Waals surface area contributed by atoms with Gasteiger partial charge in [0.25, 0.3) is 5.91 Å². The lowest BCUT2D eigenvalue weighted by atomic mass is 9.94. The third-order valence-corrected chi connectivity index (χ3v) is 6.02. The fourth-order valence-electron chi connectivity index (χ4n) is 3.70. The summed E-state index contributed by atoms with van der Waals surface area (Å²) in [5.74, 6) is -2.93. The van der Waals surface area contributed by atoms with Crippen molar-refractivity contribution in [1.29, 1.82) is 0 Å². The van der Waals surface area contributed by atoms with E-state index in [4.69, 9.17) is 12.3 Å². The van der Waals surface area contributed by atoms with E-state index in [9.17, 15) is 17.4 Å². The first-order valence-electron chi connectivity index (χ1n) is 14.7. The fraction of sp³-hybridized carbons (Fsp3) is 0.250. The highest BCUT2D eigenvalue weighted by Crippen LogP contribution is 2.42. The van der Waals surface area contributed by atoms with Gasteiger partial charge in [-0.05, 0) is 36.5 Å². The van der Waals surface area contributed by atoms with Gasteiger partial charge in [0.1, 0.15) is 6.62 Å². The molecule has 1 unspecified atom stereocenters. The Morgan fingerprint density at radius 3 is 2.68 bits per heavy atom. The zero-order chi connectivity index (χ0) is 31.2. The first-order valence-corrected chi connectivity index (χ1v) is 10.0. The van der Waals surface area contributed by atoms with Crippen molar-refractivity contribution in [3.8, 4) is 5.75 Å². The standard InChI is InChI=1S/C24H23N3O3S/c1-15(2)25-14-27(26-12-11-19(28)23(29)22(26)24(25)30)21-17-8-4-3-7-16(17)13-31-20-10-6-5-9-18(20)21/h3-12,15,21,29H,13-14H2,1-2H3/i1D3,2D3,13D2,14D2,15D. The molecule has 2 aromatic carbocycles. The number of hydrogen-bond donors (Lipinski definition) is 1. The zero-order valence-electron chi connectivity index (χ0n) is 26.9. The van der Waals surface area contributed by atoms with Gasteiger partial charge in [0, 0.05) is 39.8 Å². The Balaban J connectivity index is 1.95. The summed E-state index contributed by atoms with van der Waals surface area (Å²) in [5.41, 5.74) is -3.56. The van der Waals surface area contributed by atoms with Crippen LogP contribution in [0.5, 0.6) is 5.75 Å². The van der Waals surface area contributed by atoms with Crippen molar-refractivity contribution >= 4 is 17.7 Å². The second-order valence-corrected chi connectivity index (χ2v) is 7.74. The molecule has 3 heterocycles. The Morgan fingerprint density at radius 1 is 1.13 bits per heavy atom. The van der Waals surface area contributed by atoms with E-state index in [1.165, 1.54) is 12.1 Å². The van der Waals surface area contributed by atoms with Crippen LogP contribution < -0.4 is 10.4 Å². The maximum absolute atomic E-state index is 13.9. The van der Waals surface area contributed by atoms with Crippen molar-refractivity contribution in [3.63, 3.8) is 0 Å². The number of benzene rings is 2. The molecule has 31 heavy (non-hydrogen) atoms. The number of rotatable bonds is 2. The van der Waals surface area contributed by atoms with Crippen molar-refractivity contribution < 1.29 is 25.0 Å². The highest BCUT2D eigenvalue weighted by atomic mass is 32.2. The number of thioether (sulfide) groups is 1. The molecule has 0 saturated carbocycles. The quantitative estimate of drug-likeness (QED) is 0.653. The molecule has 1 amide bonds. The molecule has 6 nitrogen and oxygen atoms in total. The molecule has 1 N–H and O–H groups in total. The number of amides is 1. The van der Waals surface area contributed by atoms with Gasteiger partial charge in [0.2, 0.25) is 5.43 Å². The van der Waals surface area contributed by atoms with E-state index in [2.05, 4.69) is 0 Å². The van der Waals surface area contributed by atoms with Gasteiger partial charge in [0.05, 0.1) is 10.2 Å². The summed E-state index contributed by atoms with van der Waals surface area (Å²) in [4.78, 5) is 26.5. The largest absolute Gasteiger partial charge is 0.502 e. The van der Waals surface area contributed by atoms with Crippen LogP contribution in [0.4, 0.5) is 0 Å². The number of fused-ring (bicyclic) bond motifs is 3. The number of pyridine rings is 1. The number of carbonyl (C=O) groups is 1. The number of aromatic hydroxyl groups is 1. The van der Waals surface area contributed by atoms with Crippen molar-refractivity contribution in [2.45, 2.75) is 36.4 Å². The summed E-state index contributed by atoms with van der Waals surface area (Å²) in [6, 6.07) is 8.02. The predicted molar refractivity (Wildman–Crippen MR) is 121 cm³/mol. The van der Waals surface area contributed by atoms with E-state index in [1.54, 1.807) is 36.4 Å². The van der Waals surface area contributed by atoms with Gasteiger partial charge in [0.15, 0.2) is 11.4 Å². The molecule has 7 heteroatoms. The van der Waals surface area contributed by atoms with Gasteiger partial charge in [-0.25, -0.2) is 0 Å². The van der Waals surface area contributed by atoms with Crippen LogP contribution in [-0.2, 0) is 5.70 Å². The fourth-order valence-corrected chi connectivity index (χ4v) is 4.55. The van der Waals surface area contributed by atoms with Crippen molar-refractivity contribution in [2.24, 2.45) is 0 Å². The number of hydrogen-bond acceptors (Lipinski definition) is 5. The van der Waals surface area contributed by atoms with E-state index in [1.807, 2.05) is 0 Å². The van der Waals surface area contributed by atoms with Crippen molar-refractivity contribution in [1.82, 2.24) is 9.58 Å². The minimum Gasteiger partial charge on any atom is -0.502 e. The molecule has 3 aromatic rings. The third kappa shape index (κ3) is 3.11. The molecular formula is C24H23N3O3S. The Bertz CT molecular complexity index is 1640. The SMILES string of the molecule is [2H]C1([2H])Sc2ccccc2C(N2n3ccc(=O)c(O)c3C(=O)N(C([2H])(C([2H])([2H])[2H])C([2H])([2H])[2H])C2([2H])[2H])c2ccccc21. The molecule has 2 aliphatic heterocycles. The van der Waals surface area contributed by atoms with Crippen molar-refractivity contribution in [3.05, 3.63) is 93.4 Å². The lowest BCUT2D eigenvalue weighted by Crippen LogP contribution is -2.57. The summed E-state index contributed by atoms with van der Waals surface area (Å²) < 4.78 is 93.5. The summed E-state index contributed by atoms with van der Waals surface area (Å²) in [6.07, 6.45) is 0.971. The minimum absolute atomic E-state index is 0.103. The van der Waals surface area contributed by atoms with Crippen LogP contribution in [0.2, 0.25) is 0 Å². The van der Waals surface area contributed by atoms with Crippen LogP contribution in [0, 0.1) is 0 Å². The summed E-state index contributed by atoms with van der Waals surface area (Å²) in [5, 5.41) is 11.5. The van der Waals surface area contributed by atoms with Gasteiger partial charge in [-0.3, -0.25) is 19.3 Å². The van der Waals surface area contributed by atoms with E-state index in [0.29, 0.717) is 4.90 Å². The topological polar surface area (TPSA) is 65.8 Å². The molecule has 0 spiro atoms. The molecule has 158 valence electrons. The monoisotopic (exact) mass is 444 g/mol. The summed E-state index contributed by atoms with van der Waals surface area (Å²) >= 11 is 0.826. The van der Waals surface area contributed by atoms with E-state index in [-0.39, 0.29) is 21.6 Å². The molecule has 0 aliphatic carbocycles. The van der Waals surface area contributed by atoms with E-state index >= 15 is 0 Å². The highest BCUT2D eigenvalue weighted by Gasteiger charge is 2.39. The van der Waals surface area contributed by atoms with Crippen LogP contribution >= 0.6 is 11.8 Å². The molecule has 0 bridgehead atoms. The molecule has 0 radical (unpaired) electrons. The first-order chi connectivity index (χ1) is 19.3. The first kappa shape index (κ1) is 10.9. The Morgan fingerprint density at radius 2 is 1.87 bits per heavy atom. The van der Waals surface area contributed by atoms with E-state index < -0.39 is 60.9 Å². The Labute approximate surface area is 200 Å². The van der Waals surface area contributed by atoms with Crippen LogP contribution in [0.1, 0.15) is 62.0 Å². The predicted octanol–water partition coefficient (Wildman–Crippen LogP) is 3.71. The Kier molecular flexibility index (Phi) is 2.64. The van der Waals surface area contributed by atoms with Crippen LogP contribution in [-0.4, -0.2) is 33.2 Å². The molecule has 0 fully saturated rings. The molecule has 2 aliphatic rings. The van der Waals surface area contributed by atoms with Crippen LogP contribution in [0.25, 0.3) is 0 Å². The van der Waals surface area contributed by atoms with Gasteiger partial charge in [-0.1, -0.05) is 42.5 Å². The number of carbonyl (C=O) groups excluding carboxylic acids is 1. The number of nitrogens with zero attached hydrogens (tertiary/aromatic N) is 3. The number of aromatic nitrogens is 1. The summed E-state index contributed by atoms with van der Waals surface area (Å²) in [6.45, 7) is -11.1. The minimum atomic E-state index is -3.91. The third-order valence-electron chi connectivity index (χ3n) is 5.10. The average Bonchev–Trinajstić information content (AvgIpc) is 2.96.